The van der Waals surface area contributed by atoms with Crippen molar-refractivity contribution in [3.8, 4) is 0 Å². The van der Waals surface area contributed by atoms with E-state index in [1.165, 1.54) is 43.2 Å². The average Bonchev–Trinajstić information content (AvgIpc) is 2.97. The Bertz CT molecular complexity index is 385. The Morgan fingerprint density at radius 2 is 2.20 bits per heavy atom. The smallest absolute Gasteiger partial charge is 0.0594 e. The zero-order valence-electron chi connectivity index (χ0n) is 13.0. The molecule has 20 heavy (non-hydrogen) atoms. The van der Waals surface area contributed by atoms with Crippen LogP contribution in [0.5, 0.6) is 0 Å². The summed E-state index contributed by atoms with van der Waals surface area (Å²) in [7, 11) is 0. The van der Waals surface area contributed by atoms with E-state index < -0.39 is 0 Å². The molecule has 1 heterocycles. The Labute approximate surface area is 123 Å². The van der Waals surface area contributed by atoms with Crippen LogP contribution in [0.25, 0.3) is 0 Å². The van der Waals surface area contributed by atoms with Gasteiger partial charge in [0.05, 0.1) is 6.10 Å². The number of rotatable bonds is 8. The van der Waals surface area contributed by atoms with Crippen molar-refractivity contribution in [3.05, 3.63) is 35.4 Å². The number of ether oxygens (including phenoxy) is 1. The summed E-state index contributed by atoms with van der Waals surface area (Å²) >= 11 is 0. The summed E-state index contributed by atoms with van der Waals surface area (Å²) in [5.74, 6) is 0. The van der Waals surface area contributed by atoms with Gasteiger partial charge < -0.3 is 10.1 Å². The lowest BCUT2D eigenvalue weighted by atomic mass is 9.96. The summed E-state index contributed by atoms with van der Waals surface area (Å²) in [6, 6.07) is 9.54. The quantitative estimate of drug-likeness (QED) is 0.766. The van der Waals surface area contributed by atoms with Crippen molar-refractivity contribution in [1.82, 2.24) is 5.32 Å². The Hall–Kier alpha value is -0.860. The molecule has 1 aliphatic heterocycles. The van der Waals surface area contributed by atoms with Crippen molar-refractivity contribution >= 4 is 0 Å². The number of nitrogens with one attached hydrogen (secondary N) is 1. The summed E-state index contributed by atoms with van der Waals surface area (Å²) < 4.78 is 5.82. The normalized spacial score (nSPS) is 20.2. The van der Waals surface area contributed by atoms with E-state index in [0.29, 0.717) is 12.1 Å². The third-order valence-corrected chi connectivity index (χ3v) is 4.06. The van der Waals surface area contributed by atoms with E-state index in [1.807, 2.05) is 0 Å². The van der Waals surface area contributed by atoms with Crippen LogP contribution in [0.3, 0.4) is 0 Å². The molecule has 112 valence electrons. The summed E-state index contributed by atoms with van der Waals surface area (Å²) in [4.78, 5) is 0. The summed E-state index contributed by atoms with van der Waals surface area (Å²) in [5.41, 5.74) is 2.89. The Kier molecular flexibility index (Phi) is 6.55. The highest BCUT2D eigenvalue weighted by Gasteiger charge is 2.21. The van der Waals surface area contributed by atoms with Crippen LogP contribution in [-0.2, 0) is 11.2 Å². The van der Waals surface area contributed by atoms with Gasteiger partial charge in [-0.1, -0.05) is 44.5 Å². The molecule has 0 spiro atoms. The first-order valence-electron chi connectivity index (χ1n) is 8.27. The molecule has 0 amide bonds. The Morgan fingerprint density at radius 3 is 2.90 bits per heavy atom. The van der Waals surface area contributed by atoms with Crippen molar-refractivity contribution in [2.75, 3.05) is 13.2 Å². The van der Waals surface area contributed by atoms with Gasteiger partial charge in [0.15, 0.2) is 0 Å². The molecule has 1 saturated heterocycles. The molecule has 2 unspecified atom stereocenters. The fourth-order valence-electron chi connectivity index (χ4n) is 3.00. The maximum atomic E-state index is 5.82. The summed E-state index contributed by atoms with van der Waals surface area (Å²) in [6.45, 7) is 6.49. The highest BCUT2D eigenvalue weighted by atomic mass is 16.5. The van der Waals surface area contributed by atoms with Crippen LogP contribution in [0.4, 0.5) is 0 Å². The molecule has 0 aromatic heterocycles. The maximum Gasteiger partial charge on any atom is 0.0594 e. The molecule has 2 heteroatoms. The molecular weight excluding hydrogens is 246 g/mol. The van der Waals surface area contributed by atoms with E-state index in [-0.39, 0.29) is 0 Å². The first-order chi connectivity index (χ1) is 9.83. The molecular formula is C18H29NO. The molecule has 1 aromatic carbocycles. The topological polar surface area (TPSA) is 21.3 Å². The summed E-state index contributed by atoms with van der Waals surface area (Å²) in [6.07, 6.45) is 7.56. The van der Waals surface area contributed by atoms with Gasteiger partial charge in [0.2, 0.25) is 0 Å². The van der Waals surface area contributed by atoms with E-state index in [9.17, 15) is 0 Å². The number of aryl methyl sites for hydroxylation is 1. The lowest BCUT2D eigenvalue weighted by Crippen LogP contribution is -2.26. The summed E-state index contributed by atoms with van der Waals surface area (Å²) in [5, 5.41) is 3.70. The van der Waals surface area contributed by atoms with Crippen LogP contribution >= 0.6 is 0 Å². The molecule has 0 radical (unpaired) electrons. The maximum absolute atomic E-state index is 5.82. The van der Waals surface area contributed by atoms with Crippen molar-refractivity contribution < 1.29 is 4.74 Å². The molecule has 0 bridgehead atoms. The van der Waals surface area contributed by atoms with Crippen molar-refractivity contribution in [2.24, 2.45) is 0 Å². The first-order valence-corrected chi connectivity index (χ1v) is 8.27. The fourth-order valence-corrected chi connectivity index (χ4v) is 3.00. The largest absolute Gasteiger partial charge is 0.378 e. The van der Waals surface area contributed by atoms with Crippen LogP contribution in [0.2, 0.25) is 0 Å². The van der Waals surface area contributed by atoms with E-state index >= 15 is 0 Å². The minimum absolute atomic E-state index is 0.440. The molecule has 2 atom stereocenters. The Balaban J connectivity index is 2.05. The predicted molar refractivity (Wildman–Crippen MR) is 85.1 cm³/mol. The standard InChI is InChI=1S/C18H29NO/c1-3-7-15-8-5-9-16(13-15)18(19-11-4-2)14-17-10-6-12-20-17/h5,8-9,13,17-19H,3-4,6-7,10-12,14H2,1-2H3. The monoisotopic (exact) mass is 275 g/mol. The van der Waals surface area contributed by atoms with Crippen LogP contribution in [0.15, 0.2) is 24.3 Å². The third kappa shape index (κ3) is 4.60. The van der Waals surface area contributed by atoms with Gasteiger partial charge in [-0.15, -0.1) is 0 Å². The average molecular weight is 275 g/mol. The zero-order chi connectivity index (χ0) is 14.2. The molecule has 1 aliphatic rings. The second-order valence-electron chi connectivity index (χ2n) is 5.87. The van der Waals surface area contributed by atoms with Crippen molar-refractivity contribution in [1.29, 1.82) is 0 Å². The van der Waals surface area contributed by atoms with Crippen LogP contribution in [0.1, 0.15) is 63.1 Å². The highest BCUT2D eigenvalue weighted by Crippen LogP contribution is 2.26. The minimum atomic E-state index is 0.440. The molecule has 1 aromatic rings. The predicted octanol–water partition coefficient (Wildman–Crippen LogP) is 4.25. The van der Waals surface area contributed by atoms with Gasteiger partial charge >= 0.3 is 0 Å². The first kappa shape index (κ1) is 15.5. The van der Waals surface area contributed by atoms with Gasteiger partial charge in [0.25, 0.3) is 0 Å². The molecule has 0 aliphatic carbocycles. The zero-order valence-corrected chi connectivity index (χ0v) is 13.0. The van der Waals surface area contributed by atoms with Gasteiger partial charge in [-0.05, 0) is 49.8 Å². The number of benzene rings is 1. The lowest BCUT2D eigenvalue weighted by Gasteiger charge is -2.22. The van der Waals surface area contributed by atoms with Crippen molar-refractivity contribution in [2.45, 2.75) is 64.5 Å². The van der Waals surface area contributed by atoms with Gasteiger partial charge in [-0.2, -0.15) is 0 Å². The Morgan fingerprint density at radius 1 is 1.30 bits per heavy atom. The molecule has 0 saturated carbocycles. The van der Waals surface area contributed by atoms with Crippen molar-refractivity contribution in [3.63, 3.8) is 0 Å². The van der Waals surface area contributed by atoms with E-state index in [0.717, 1.165) is 19.6 Å². The molecule has 1 fully saturated rings. The highest BCUT2D eigenvalue weighted by molar-refractivity contribution is 5.26. The fraction of sp³-hybridized carbons (Fsp3) is 0.667. The van der Waals surface area contributed by atoms with Crippen LogP contribution in [-0.4, -0.2) is 19.3 Å². The van der Waals surface area contributed by atoms with Gasteiger partial charge in [0.1, 0.15) is 0 Å². The molecule has 1 N–H and O–H groups in total. The second-order valence-corrected chi connectivity index (χ2v) is 5.87. The molecule has 2 rings (SSSR count). The van der Waals surface area contributed by atoms with E-state index in [4.69, 9.17) is 4.74 Å². The number of hydrogen-bond acceptors (Lipinski definition) is 2. The van der Waals surface area contributed by atoms with Gasteiger partial charge in [0, 0.05) is 12.6 Å². The third-order valence-electron chi connectivity index (χ3n) is 4.06. The lowest BCUT2D eigenvalue weighted by molar-refractivity contribution is 0.0945. The number of hydrogen-bond donors (Lipinski definition) is 1. The van der Waals surface area contributed by atoms with Crippen LogP contribution in [0, 0.1) is 0 Å². The van der Waals surface area contributed by atoms with Gasteiger partial charge in [-0.3, -0.25) is 0 Å². The second kappa shape index (κ2) is 8.43. The van der Waals surface area contributed by atoms with Crippen LogP contribution < -0.4 is 5.32 Å². The SMILES string of the molecule is CCCNC(CC1CCCO1)c1cccc(CCC)c1. The molecule has 2 nitrogen and oxygen atoms in total. The minimum Gasteiger partial charge on any atom is -0.378 e. The van der Waals surface area contributed by atoms with E-state index in [1.54, 1.807) is 0 Å². The van der Waals surface area contributed by atoms with Gasteiger partial charge in [-0.25, -0.2) is 0 Å². The van der Waals surface area contributed by atoms with E-state index in [2.05, 4.69) is 43.4 Å².